The van der Waals surface area contributed by atoms with Crippen molar-refractivity contribution in [3.63, 3.8) is 0 Å². The summed E-state index contributed by atoms with van der Waals surface area (Å²) in [5.74, 6) is 0. The summed E-state index contributed by atoms with van der Waals surface area (Å²) in [5.41, 5.74) is 2.19. The number of rotatable bonds is 2. The van der Waals surface area contributed by atoms with Gasteiger partial charge in [-0.05, 0) is 18.6 Å². The van der Waals surface area contributed by atoms with Crippen molar-refractivity contribution in [3.8, 4) is 10.6 Å². The number of aromatic nitrogens is 2. The van der Waals surface area contributed by atoms with E-state index in [4.69, 9.17) is 5.11 Å². The molecule has 2 aromatic rings. The van der Waals surface area contributed by atoms with Crippen molar-refractivity contribution >= 4 is 11.3 Å². The molecule has 0 spiro atoms. The summed E-state index contributed by atoms with van der Waals surface area (Å²) in [6, 6.07) is 1.94. The number of nitrogens with zero attached hydrogens (tertiary/aromatic N) is 2. The Morgan fingerprint density at radius 2 is 2.29 bits per heavy atom. The van der Waals surface area contributed by atoms with E-state index < -0.39 is 0 Å². The van der Waals surface area contributed by atoms with Gasteiger partial charge < -0.3 is 5.11 Å². The summed E-state index contributed by atoms with van der Waals surface area (Å²) >= 11 is 1.51. The van der Waals surface area contributed by atoms with Crippen LogP contribution in [0.1, 0.15) is 10.4 Å². The molecular formula is C10H10N2OS. The zero-order valence-corrected chi connectivity index (χ0v) is 8.58. The zero-order chi connectivity index (χ0) is 9.97. The first-order valence-electron chi connectivity index (χ1n) is 4.28. The molecule has 0 saturated carbocycles. The summed E-state index contributed by atoms with van der Waals surface area (Å²) in [4.78, 5) is 9.16. The normalized spacial score (nSPS) is 10.4. The third-order valence-corrected chi connectivity index (χ3v) is 2.98. The molecule has 0 saturated heterocycles. The minimum atomic E-state index is 0.0573. The number of pyridine rings is 1. The smallest absolute Gasteiger partial charge is 0.123 e. The fourth-order valence-electron chi connectivity index (χ4n) is 1.22. The topological polar surface area (TPSA) is 46.0 Å². The van der Waals surface area contributed by atoms with Crippen molar-refractivity contribution in [3.05, 3.63) is 35.1 Å². The molecule has 72 valence electrons. The molecule has 0 aromatic carbocycles. The van der Waals surface area contributed by atoms with E-state index in [1.807, 2.05) is 19.2 Å². The Balaban J connectivity index is 2.44. The van der Waals surface area contributed by atoms with Gasteiger partial charge in [0.25, 0.3) is 0 Å². The van der Waals surface area contributed by atoms with Gasteiger partial charge in [-0.1, -0.05) is 0 Å². The minimum absolute atomic E-state index is 0.0573. The van der Waals surface area contributed by atoms with Crippen LogP contribution in [0.3, 0.4) is 0 Å². The second-order valence-corrected chi connectivity index (χ2v) is 4.10. The van der Waals surface area contributed by atoms with Crippen LogP contribution in [0.5, 0.6) is 0 Å². The number of aliphatic hydroxyl groups is 1. The number of aryl methyl sites for hydroxylation is 1. The van der Waals surface area contributed by atoms with Gasteiger partial charge in [0.2, 0.25) is 0 Å². The molecular weight excluding hydrogens is 196 g/mol. The monoisotopic (exact) mass is 206 g/mol. The van der Waals surface area contributed by atoms with Gasteiger partial charge in [0.05, 0.1) is 11.5 Å². The molecule has 0 aliphatic rings. The Bertz CT molecular complexity index is 439. The lowest BCUT2D eigenvalue weighted by molar-refractivity contribution is 0.285. The highest BCUT2D eigenvalue weighted by molar-refractivity contribution is 7.15. The van der Waals surface area contributed by atoms with Crippen LogP contribution in [-0.2, 0) is 6.61 Å². The Kier molecular flexibility index (Phi) is 2.56. The summed E-state index contributed by atoms with van der Waals surface area (Å²) in [5, 5.41) is 9.86. The van der Waals surface area contributed by atoms with Crippen molar-refractivity contribution in [2.75, 3.05) is 0 Å². The van der Waals surface area contributed by atoms with Crippen LogP contribution >= 0.6 is 11.3 Å². The molecule has 0 amide bonds. The SMILES string of the molecule is Cc1cnccc1-c1ncc(CO)s1. The van der Waals surface area contributed by atoms with E-state index in [1.54, 1.807) is 12.4 Å². The van der Waals surface area contributed by atoms with E-state index >= 15 is 0 Å². The molecule has 2 aromatic heterocycles. The van der Waals surface area contributed by atoms with E-state index in [2.05, 4.69) is 9.97 Å². The highest BCUT2D eigenvalue weighted by atomic mass is 32.1. The number of hydrogen-bond acceptors (Lipinski definition) is 4. The third-order valence-electron chi connectivity index (χ3n) is 1.96. The van der Waals surface area contributed by atoms with Gasteiger partial charge in [-0.15, -0.1) is 11.3 Å². The van der Waals surface area contributed by atoms with Crippen molar-refractivity contribution in [2.45, 2.75) is 13.5 Å². The van der Waals surface area contributed by atoms with Crippen LogP contribution in [0.15, 0.2) is 24.7 Å². The van der Waals surface area contributed by atoms with Gasteiger partial charge in [-0.25, -0.2) is 4.98 Å². The fourth-order valence-corrected chi connectivity index (χ4v) is 2.08. The zero-order valence-electron chi connectivity index (χ0n) is 7.77. The predicted octanol–water partition coefficient (Wildman–Crippen LogP) is 2.01. The van der Waals surface area contributed by atoms with Crippen molar-refractivity contribution < 1.29 is 5.11 Å². The molecule has 0 unspecified atom stereocenters. The molecule has 0 aliphatic heterocycles. The van der Waals surface area contributed by atoms with Gasteiger partial charge in [0.15, 0.2) is 0 Å². The summed E-state index contributed by atoms with van der Waals surface area (Å²) in [7, 11) is 0. The van der Waals surface area contributed by atoms with E-state index in [-0.39, 0.29) is 6.61 Å². The van der Waals surface area contributed by atoms with Crippen molar-refractivity contribution in [1.29, 1.82) is 0 Å². The first kappa shape index (κ1) is 9.30. The minimum Gasteiger partial charge on any atom is -0.391 e. The van der Waals surface area contributed by atoms with Gasteiger partial charge in [0.1, 0.15) is 5.01 Å². The van der Waals surface area contributed by atoms with Crippen molar-refractivity contribution in [2.24, 2.45) is 0 Å². The van der Waals surface area contributed by atoms with Crippen LogP contribution in [0.4, 0.5) is 0 Å². The molecule has 4 heteroatoms. The van der Waals surface area contributed by atoms with Crippen LogP contribution < -0.4 is 0 Å². The Morgan fingerprint density at radius 3 is 2.93 bits per heavy atom. The lowest BCUT2D eigenvalue weighted by atomic mass is 10.2. The van der Waals surface area contributed by atoms with Crippen LogP contribution in [0.2, 0.25) is 0 Å². The second kappa shape index (κ2) is 3.86. The Hall–Kier alpha value is -1.26. The highest BCUT2D eigenvalue weighted by Gasteiger charge is 2.06. The molecule has 0 atom stereocenters. The standard InChI is InChI=1S/C10H10N2OS/c1-7-4-11-3-2-9(7)10-12-5-8(6-13)14-10/h2-5,13H,6H2,1H3. The van der Waals surface area contributed by atoms with E-state index in [9.17, 15) is 0 Å². The average molecular weight is 206 g/mol. The molecule has 3 nitrogen and oxygen atoms in total. The maximum absolute atomic E-state index is 8.93. The largest absolute Gasteiger partial charge is 0.391 e. The third kappa shape index (κ3) is 1.66. The lowest BCUT2D eigenvalue weighted by Crippen LogP contribution is -1.82. The quantitative estimate of drug-likeness (QED) is 0.817. The Labute approximate surface area is 86.1 Å². The first-order chi connectivity index (χ1) is 6.81. The first-order valence-corrected chi connectivity index (χ1v) is 5.09. The molecule has 14 heavy (non-hydrogen) atoms. The predicted molar refractivity (Wildman–Crippen MR) is 56.0 cm³/mol. The average Bonchev–Trinajstić information content (AvgIpc) is 2.67. The van der Waals surface area contributed by atoms with Gasteiger partial charge in [-0.3, -0.25) is 4.98 Å². The van der Waals surface area contributed by atoms with E-state index in [0.717, 1.165) is 21.0 Å². The molecule has 0 bridgehead atoms. The number of hydrogen-bond donors (Lipinski definition) is 1. The van der Waals surface area contributed by atoms with Gasteiger partial charge >= 0.3 is 0 Å². The summed E-state index contributed by atoms with van der Waals surface area (Å²) < 4.78 is 0. The summed E-state index contributed by atoms with van der Waals surface area (Å²) in [6.07, 6.45) is 5.28. The van der Waals surface area contributed by atoms with Gasteiger partial charge in [-0.2, -0.15) is 0 Å². The maximum atomic E-state index is 8.93. The van der Waals surface area contributed by atoms with Crippen molar-refractivity contribution in [1.82, 2.24) is 9.97 Å². The van der Waals surface area contributed by atoms with Crippen LogP contribution in [0, 0.1) is 6.92 Å². The number of thiazole rings is 1. The number of aliphatic hydroxyl groups excluding tert-OH is 1. The lowest BCUT2D eigenvalue weighted by Gasteiger charge is -1.98. The van der Waals surface area contributed by atoms with Gasteiger partial charge in [0, 0.05) is 24.2 Å². The molecule has 0 aliphatic carbocycles. The van der Waals surface area contributed by atoms with E-state index in [0.29, 0.717) is 0 Å². The van der Waals surface area contributed by atoms with E-state index in [1.165, 1.54) is 11.3 Å². The fraction of sp³-hybridized carbons (Fsp3) is 0.200. The molecule has 0 radical (unpaired) electrons. The second-order valence-electron chi connectivity index (χ2n) is 2.98. The Morgan fingerprint density at radius 1 is 1.43 bits per heavy atom. The highest BCUT2D eigenvalue weighted by Crippen LogP contribution is 2.26. The molecule has 2 rings (SSSR count). The summed E-state index contributed by atoms with van der Waals surface area (Å²) in [6.45, 7) is 2.06. The molecule has 0 fully saturated rings. The molecule has 2 heterocycles. The molecule has 1 N–H and O–H groups in total. The van der Waals surface area contributed by atoms with Crippen LogP contribution in [-0.4, -0.2) is 15.1 Å². The van der Waals surface area contributed by atoms with Crippen LogP contribution in [0.25, 0.3) is 10.6 Å². The maximum Gasteiger partial charge on any atom is 0.123 e.